The van der Waals surface area contributed by atoms with Crippen LogP contribution in [0, 0.1) is 5.82 Å². The number of benzene rings is 3. The van der Waals surface area contributed by atoms with Crippen molar-refractivity contribution in [3.05, 3.63) is 90.2 Å². The van der Waals surface area contributed by atoms with E-state index < -0.39 is 30.2 Å². The van der Waals surface area contributed by atoms with Crippen LogP contribution in [0.5, 0.6) is 11.5 Å². The fourth-order valence-electron chi connectivity index (χ4n) is 2.69. The van der Waals surface area contributed by atoms with Gasteiger partial charge in [-0.2, -0.15) is 0 Å². The summed E-state index contributed by atoms with van der Waals surface area (Å²) in [6.45, 7) is -0.805. The van der Waals surface area contributed by atoms with E-state index in [1.807, 2.05) is 6.07 Å². The molecule has 1 N–H and O–H groups in total. The summed E-state index contributed by atoms with van der Waals surface area (Å²) in [4.78, 5) is 38.0. The van der Waals surface area contributed by atoms with Crippen LogP contribution < -0.4 is 10.1 Å². The monoisotopic (exact) mass is 436 g/mol. The Morgan fingerprint density at radius 2 is 1.56 bits per heavy atom. The van der Waals surface area contributed by atoms with Crippen molar-refractivity contribution in [1.29, 1.82) is 0 Å². The minimum absolute atomic E-state index is 0.167. The maximum atomic E-state index is 12.9. The van der Waals surface area contributed by atoms with Gasteiger partial charge in [0.2, 0.25) is 5.91 Å². The summed E-state index contributed by atoms with van der Waals surface area (Å²) in [5, 5.41) is 2.55. The fraction of sp³-hybridized carbons (Fsp3) is 0.125. The molecule has 0 radical (unpaired) electrons. The maximum Gasteiger partial charge on any atom is 0.342 e. The van der Waals surface area contributed by atoms with Crippen LogP contribution in [0.3, 0.4) is 0 Å². The molecule has 0 spiro atoms. The Morgan fingerprint density at radius 1 is 0.906 bits per heavy atom. The number of anilines is 1. The van der Waals surface area contributed by atoms with E-state index >= 15 is 0 Å². The summed E-state index contributed by atoms with van der Waals surface area (Å²) in [5.74, 6) is -1.34. The molecule has 32 heavy (non-hydrogen) atoms. The molecular weight excluding hydrogens is 415 g/mol. The molecule has 0 fully saturated rings. The van der Waals surface area contributed by atoms with E-state index in [0.29, 0.717) is 17.2 Å². The van der Waals surface area contributed by atoms with Gasteiger partial charge in [-0.25, -0.2) is 9.18 Å². The van der Waals surface area contributed by atoms with Crippen LogP contribution in [-0.2, 0) is 14.3 Å². The van der Waals surface area contributed by atoms with Gasteiger partial charge in [0.05, 0.1) is 6.54 Å². The van der Waals surface area contributed by atoms with Gasteiger partial charge in [0.25, 0.3) is 5.91 Å². The molecule has 0 atom stereocenters. The number of hydrogen-bond acceptors (Lipinski definition) is 5. The van der Waals surface area contributed by atoms with Crippen LogP contribution >= 0.6 is 0 Å². The van der Waals surface area contributed by atoms with E-state index in [1.54, 1.807) is 42.5 Å². The Kier molecular flexibility index (Phi) is 7.53. The first-order valence-corrected chi connectivity index (χ1v) is 9.71. The standard InChI is InChI=1S/C24H21FN2O5/c1-27(15-22(28)26-18-13-11-17(25)12-14-18)23(29)16-31-24(30)20-9-5-6-10-21(20)32-19-7-3-2-4-8-19/h2-14H,15-16H2,1H3,(H,26,28). The molecule has 3 aromatic carbocycles. The lowest BCUT2D eigenvalue weighted by Gasteiger charge is -2.17. The van der Waals surface area contributed by atoms with Gasteiger partial charge >= 0.3 is 5.97 Å². The molecule has 2 amide bonds. The highest BCUT2D eigenvalue weighted by atomic mass is 19.1. The molecule has 0 saturated carbocycles. The average molecular weight is 436 g/mol. The molecule has 8 heteroatoms. The highest BCUT2D eigenvalue weighted by molar-refractivity contribution is 5.96. The quantitative estimate of drug-likeness (QED) is 0.542. The molecular formula is C24H21FN2O5. The molecule has 0 heterocycles. The Hall–Kier alpha value is -4.20. The summed E-state index contributed by atoms with van der Waals surface area (Å²) >= 11 is 0. The van der Waals surface area contributed by atoms with Crippen LogP contribution in [0.2, 0.25) is 0 Å². The molecule has 0 aromatic heterocycles. The third-order valence-corrected chi connectivity index (χ3v) is 4.34. The number of halogens is 1. The number of rotatable bonds is 8. The number of esters is 1. The van der Waals surface area contributed by atoms with E-state index in [2.05, 4.69) is 5.32 Å². The number of carbonyl (C=O) groups is 3. The Bertz CT molecular complexity index is 1090. The Morgan fingerprint density at radius 3 is 2.28 bits per heavy atom. The summed E-state index contributed by atoms with van der Waals surface area (Å²) in [5.41, 5.74) is 0.569. The first kappa shape index (κ1) is 22.5. The summed E-state index contributed by atoms with van der Waals surface area (Å²) in [6, 6.07) is 20.7. The predicted molar refractivity (Wildman–Crippen MR) is 116 cm³/mol. The zero-order chi connectivity index (χ0) is 22.9. The van der Waals surface area contributed by atoms with Gasteiger partial charge in [-0.1, -0.05) is 30.3 Å². The van der Waals surface area contributed by atoms with Gasteiger partial charge in [-0.3, -0.25) is 9.59 Å². The van der Waals surface area contributed by atoms with E-state index in [-0.39, 0.29) is 12.1 Å². The fourth-order valence-corrected chi connectivity index (χ4v) is 2.69. The van der Waals surface area contributed by atoms with Crippen molar-refractivity contribution in [2.45, 2.75) is 0 Å². The highest BCUT2D eigenvalue weighted by Gasteiger charge is 2.18. The topological polar surface area (TPSA) is 84.9 Å². The van der Waals surface area contributed by atoms with E-state index in [9.17, 15) is 18.8 Å². The normalized spacial score (nSPS) is 10.2. The molecule has 3 rings (SSSR count). The highest BCUT2D eigenvalue weighted by Crippen LogP contribution is 2.25. The minimum atomic E-state index is -0.728. The van der Waals surface area contributed by atoms with Crippen molar-refractivity contribution in [3.8, 4) is 11.5 Å². The van der Waals surface area contributed by atoms with Crippen LogP contribution in [0.4, 0.5) is 10.1 Å². The van der Waals surface area contributed by atoms with Crippen molar-refractivity contribution >= 4 is 23.5 Å². The maximum absolute atomic E-state index is 12.9. The first-order chi connectivity index (χ1) is 15.4. The largest absolute Gasteiger partial charge is 0.456 e. The summed E-state index contributed by atoms with van der Waals surface area (Å²) in [7, 11) is 1.41. The number of carbonyl (C=O) groups excluding carboxylic acids is 3. The van der Waals surface area contributed by atoms with Gasteiger partial charge in [-0.05, 0) is 48.5 Å². The van der Waals surface area contributed by atoms with Gasteiger partial charge < -0.3 is 19.7 Å². The number of nitrogens with zero attached hydrogens (tertiary/aromatic N) is 1. The zero-order valence-corrected chi connectivity index (χ0v) is 17.3. The number of nitrogens with one attached hydrogen (secondary N) is 1. The third kappa shape index (κ3) is 6.40. The smallest absolute Gasteiger partial charge is 0.342 e. The molecule has 0 aliphatic carbocycles. The molecule has 3 aromatic rings. The third-order valence-electron chi connectivity index (χ3n) is 4.34. The number of hydrogen-bond donors (Lipinski definition) is 1. The second-order valence-corrected chi connectivity index (χ2v) is 6.79. The van der Waals surface area contributed by atoms with E-state index in [0.717, 1.165) is 4.90 Å². The SMILES string of the molecule is CN(CC(=O)Nc1ccc(F)cc1)C(=O)COC(=O)c1ccccc1Oc1ccccc1. The average Bonchev–Trinajstić information content (AvgIpc) is 2.79. The molecule has 7 nitrogen and oxygen atoms in total. The number of para-hydroxylation sites is 2. The van der Waals surface area contributed by atoms with Gasteiger partial charge in [0, 0.05) is 12.7 Å². The minimum Gasteiger partial charge on any atom is -0.456 e. The van der Waals surface area contributed by atoms with Crippen molar-refractivity contribution in [2.24, 2.45) is 0 Å². The van der Waals surface area contributed by atoms with Gasteiger partial charge in [-0.15, -0.1) is 0 Å². The van der Waals surface area contributed by atoms with Crippen molar-refractivity contribution in [2.75, 3.05) is 25.5 Å². The van der Waals surface area contributed by atoms with Gasteiger partial charge in [0.1, 0.15) is 22.9 Å². The van der Waals surface area contributed by atoms with Crippen LogP contribution in [0.15, 0.2) is 78.9 Å². The van der Waals surface area contributed by atoms with Crippen molar-refractivity contribution in [3.63, 3.8) is 0 Å². The molecule has 164 valence electrons. The zero-order valence-electron chi connectivity index (χ0n) is 17.3. The first-order valence-electron chi connectivity index (χ1n) is 9.71. The van der Waals surface area contributed by atoms with Crippen molar-refractivity contribution < 1.29 is 28.2 Å². The van der Waals surface area contributed by atoms with Crippen LogP contribution in [0.1, 0.15) is 10.4 Å². The molecule has 0 unspecified atom stereocenters. The van der Waals surface area contributed by atoms with E-state index in [1.165, 1.54) is 37.4 Å². The molecule has 0 bridgehead atoms. The number of amides is 2. The van der Waals surface area contributed by atoms with E-state index in [4.69, 9.17) is 9.47 Å². The summed E-state index contributed by atoms with van der Waals surface area (Å²) in [6.07, 6.45) is 0. The second-order valence-electron chi connectivity index (χ2n) is 6.79. The lowest BCUT2D eigenvalue weighted by molar-refractivity contribution is -0.136. The number of ether oxygens (including phenoxy) is 2. The molecule has 0 aliphatic heterocycles. The lowest BCUT2D eigenvalue weighted by Crippen LogP contribution is -2.37. The predicted octanol–water partition coefficient (Wildman–Crippen LogP) is 3.87. The summed E-state index contributed by atoms with van der Waals surface area (Å²) < 4.78 is 23.8. The molecule has 0 saturated heterocycles. The van der Waals surface area contributed by atoms with Crippen molar-refractivity contribution in [1.82, 2.24) is 4.90 Å². The molecule has 0 aliphatic rings. The second kappa shape index (κ2) is 10.7. The Balaban J connectivity index is 1.52. The van der Waals surface area contributed by atoms with Crippen LogP contribution in [0.25, 0.3) is 0 Å². The van der Waals surface area contributed by atoms with Gasteiger partial charge in [0.15, 0.2) is 6.61 Å². The number of likely N-dealkylation sites (N-methyl/N-ethyl adjacent to an activating group) is 1. The lowest BCUT2D eigenvalue weighted by atomic mass is 10.2. The van der Waals surface area contributed by atoms with Crippen LogP contribution in [-0.4, -0.2) is 42.9 Å². The Labute approximate surface area is 184 Å².